The van der Waals surface area contributed by atoms with E-state index in [0.717, 1.165) is 12.0 Å². The number of amides is 1. The Balaban J connectivity index is 2.11. The van der Waals surface area contributed by atoms with E-state index in [4.69, 9.17) is 11.5 Å². The Hall–Kier alpha value is -2.41. The Bertz CT molecular complexity index is 763. The van der Waals surface area contributed by atoms with Gasteiger partial charge in [0.05, 0.1) is 11.0 Å². The average Bonchev–Trinajstić information content (AvgIpc) is 2.44. The molecule has 0 saturated carbocycles. The summed E-state index contributed by atoms with van der Waals surface area (Å²) >= 11 is 0. The second-order valence-electron chi connectivity index (χ2n) is 5.03. The smallest absolute Gasteiger partial charge is 0.314 e. The van der Waals surface area contributed by atoms with Gasteiger partial charge in [-0.05, 0) is 30.5 Å². The van der Waals surface area contributed by atoms with Crippen LogP contribution in [0.4, 0.5) is 0 Å². The van der Waals surface area contributed by atoms with E-state index >= 15 is 0 Å². The van der Waals surface area contributed by atoms with Gasteiger partial charge in [-0.3, -0.25) is 14.4 Å². The summed E-state index contributed by atoms with van der Waals surface area (Å²) in [6.45, 7) is 0. The molecule has 2 aromatic rings. The molecule has 6 N–H and O–H groups in total. The second kappa shape index (κ2) is 6.36. The van der Waals surface area contributed by atoms with E-state index in [1.54, 1.807) is 12.1 Å². The molecule has 112 valence electrons. The summed E-state index contributed by atoms with van der Waals surface area (Å²) in [6.07, 6.45) is 2.58. The summed E-state index contributed by atoms with van der Waals surface area (Å²) in [4.78, 5) is 38.2. The summed E-state index contributed by atoms with van der Waals surface area (Å²) in [5.41, 5.74) is 11.8. The number of nitrogens with one attached hydrogen (secondary N) is 2. The van der Waals surface area contributed by atoms with Crippen molar-refractivity contribution in [3.8, 4) is 0 Å². The molecule has 1 unspecified atom stereocenters. The molecule has 0 aliphatic heterocycles. The number of benzene rings is 1. The standard InChI is InChI=1S/C14H18N4O3/c15-9(3-1-2-4-12(16)19)8-5-6-10-11(7-8)18-14(21)13(20)17-10/h5-7,9H,1-4,15H2,(H2,16,19)(H,17,20)(H,18,21). The van der Waals surface area contributed by atoms with Gasteiger partial charge in [-0.15, -0.1) is 0 Å². The summed E-state index contributed by atoms with van der Waals surface area (Å²) < 4.78 is 0. The average molecular weight is 290 g/mol. The van der Waals surface area contributed by atoms with Gasteiger partial charge in [0.25, 0.3) is 0 Å². The third-order valence-electron chi connectivity index (χ3n) is 3.36. The number of aromatic nitrogens is 2. The Morgan fingerprint density at radius 3 is 2.43 bits per heavy atom. The first-order chi connectivity index (χ1) is 9.97. The lowest BCUT2D eigenvalue weighted by molar-refractivity contribution is -0.118. The first-order valence-electron chi connectivity index (χ1n) is 6.77. The fraction of sp³-hybridized carbons (Fsp3) is 0.357. The molecule has 0 radical (unpaired) electrons. The van der Waals surface area contributed by atoms with Crippen LogP contribution >= 0.6 is 0 Å². The highest BCUT2D eigenvalue weighted by Gasteiger charge is 2.08. The first kappa shape index (κ1) is 15.0. The minimum Gasteiger partial charge on any atom is -0.370 e. The topological polar surface area (TPSA) is 135 Å². The van der Waals surface area contributed by atoms with Crippen molar-refractivity contribution in [3.63, 3.8) is 0 Å². The largest absolute Gasteiger partial charge is 0.370 e. The number of nitrogens with two attached hydrogens (primary N) is 2. The maximum absolute atomic E-state index is 11.3. The third-order valence-corrected chi connectivity index (χ3v) is 3.36. The minimum atomic E-state index is -0.685. The number of hydrogen-bond donors (Lipinski definition) is 4. The number of primary amides is 1. The van der Waals surface area contributed by atoms with Gasteiger partial charge in [0.1, 0.15) is 0 Å². The van der Waals surface area contributed by atoms with Crippen molar-refractivity contribution >= 4 is 16.9 Å². The minimum absolute atomic E-state index is 0.197. The van der Waals surface area contributed by atoms with Crippen LogP contribution in [0.15, 0.2) is 27.8 Å². The van der Waals surface area contributed by atoms with Crippen LogP contribution < -0.4 is 22.6 Å². The molecule has 1 heterocycles. The van der Waals surface area contributed by atoms with Gasteiger partial charge in [-0.2, -0.15) is 0 Å². The molecule has 21 heavy (non-hydrogen) atoms. The van der Waals surface area contributed by atoms with Gasteiger partial charge in [-0.25, -0.2) is 0 Å². The van der Waals surface area contributed by atoms with E-state index in [9.17, 15) is 14.4 Å². The number of hydrogen-bond acceptors (Lipinski definition) is 4. The van der Waals surface area contributed by atoms with Gasteiger partial charge < -0.3 is 21.4 Å². The maximum Gasteiger partial charge on any atom is 0.314 e. The van der Waals surface area contributed by atoms with Crippen LogP contribution in [-0.4, -0.2) is 15.9 Å². The zero-order chi connectivity index (χ0) is 15.4. The predicted molar refractivity (Wildman–Crippen MR) is 79.8 cm³/mol. The van der Waals surface area contributed by atoms with Gasteiger partial charge in [-0.1, -0.05) is 12.5 Å². The van der Waals surface area contributed by atoms with Crippen molar-refractivity contribution in [2.45, 2.75) is 31.7 Å². The Labute approximate surface area is 120 Å². The Morgan fingerprint density at radius 1 is 1.10 bits per heavy atom. The van der Waals surface area contributed by atoms with Crippen LogP contribution in [0.5, 0.6) is 0 Å². The highest BCUT2D eigenvalue weighted by Crippen LogP contribution is 2.19. The summed E-state index contributed by atoms with van der Waals surface area (Å²) in [7, 11) is 0. The van der Waals surface area contributed by atoms with E-state index in [0.29, 0.717) is 30.3 Å². The number of carbonyl (C=O) groups excluding carboxylic acids is 1. The molecular weight excluding hydrogens is 272 g/mol. The van der Waals surface area contributed by atoms with Crippen LogP contribution in [-0.2, 0) is 4.79 Å². The maximum atomic E-state index is 11.3. The zero-order valence-corrected chi connectivity index (χ0v) is 11.5. The Morgan fingerprint density at radius 2 is 1.76 bits per heavy atom. The number of unbranched alkanes of at least 4 members (excludes halogenated alkanes) is 1. The van der Waals surface area contributed by atoms with Gasteiger partial charge in [0.15, 0.2) is 0 Å². The molecule has 0 bridgehead atoms. The van der Waals surface area contributed by atoms with Crippen molar-refractivity contribution in [2.75, 3.05) is 0 Å². The lowest BCUT2D eigenvalue weighted by atomic mass is 10.0. The van der Waals surface area contributed by atoms with Crippen LogP contribution in [0.3, 0.4) is 0 Å². The van der Waals surface area contributed by atoms with Gasteiger partial charge in [0, 0.05) is 12.5 Å². The molecule has 1 atom stereocenters. The molecule has 0 saturated heterocycles. The molecule has 0 aliphatic rings. The van der Waals surface area contributed by atoms with Crippen LogP contribution in [0.25, 0.3) is 11.0 Å². The fourth-order valence-electron chi connectivity index (χ4n) is 2.19. The number of fused-ring (bicyclic) bond motifs is 1. The molecule has 7 nitrogen and oxygen atoms in total. The van der Waals surface area contributed by atoms with E-state index < -0.39 is 11.1 Å². The van der Waals surface area contributed by atoms with E-state index in [-0.39, 0.29) is 11.9 Å². The first-order valence-corrected chi connectivity index (χ1v) is 6.77. The van der Waals surface area contributed by atoms with E-state index in [1.807, 2.05) is 6.07 Å². The van der Waals surface area contributed by atoms with Crippen molar-refractivity contribution < 1.29 is 4.79 Å². The van der Waals surface area contributed by atoms with E-state index in [1.165, 1.54) is 0 Å². The zero-order valence-electron chi connectivity index (χ0n) is 11.5. The molecular formula is C14H18N4O3. The predicted octanol–water partition coefficient (Wildman–Crippen LogP) is 0.262. The monoisotopic (exact) mass is 290 g/mol. The number of aromatic amines is 2. The highest BCUT2D eigenvalue weighted by atomic mass is 16.2. The highest BCUT2D eigenvalue weighted by molar-refractivity contribution is 5.74. The molecule has 2 rings (SSSR count). The molecule has 1 amide bonds. The SMILES string of the molecule is NC(=O)CCCCC(N)c1ccc2[nH]c(=O)c(=O)[nH]c2c1. The second-order valence-corrected chi connectivity index (χ2v) is 5.03. The van der Waals surface area contributed by atoms with Crippen LogP contribution in [0.2, 0.25) is 0 Å². The lowest BCUT2D eigenvalue weighted by Crippen LogP contribution is -2.29. The summed E-state index contributed by atoms with van der Waals surface area (Å²) in [5.74, 6) is -0.309. The summed E-state index contributed by atoms with van der Waals surface area (Å²) in [6, 6.07) is 5.09. The molecule has 1 aromatic heterocycles. The van der Waals surface area contributed by atoms with E-state index in [2.05, 4.69) is 9.97 Å². The van der Waals surface area contributed by atoms with Crippen molar-refractivity contribution in [2.24, 2.45) is 11.5 Å². The third kappa shape index (κ3) is 3.79. The van der Waals surface area contributed by atoms with Gasteiger partial charge in [0.2, 0.25) is 5.91 Å². The molecule has 7 heteroatoms. The van der Waals surface area contributed by atoms with Crippen molar-refractivity contribution in [1.29, 1.82) is 0 Å². The molecule has 0 aliphatic carbocycles. The summed E-state index contributed by atoms with van der Waals surface area (Å²) in [5, 5.41) is 0. The van der Waals surface area contributed by atoms with Crippen LogP contribution in [0, 0.1) is 0 Å². The lowest BCUT2D eigenvalue weighted by Gasteiger charge is -2.12. The normalized spacial score (nSPS) is 12.4. The fourth-order valence-corrected chi connectivity index (χ4v) is 2.19. The van der Waals surface area contributed by atoms with Crippen molar-refractivity contribution in [1.82, 2.24) is 9.97 Å². The van der Waals surface area contributed by atoms with Crippen LogP contribution in [0.1, 0.15) is 37.3 Å². The van der Waals surface area contributed by atoms with Crippen molar-refractivity contribution in [3.05, 3.63) is 44.5 Å². The number of carbonyl (C=O) groups is 1. The molecule has 0 spiro atoms. The molecule has 1 aromatic carbocycles. The number of H-pyrrole nitrogens is 2. The van der Waals surface area contributed by atoms with Gasteiger partial charge >= 0.3 is 11.1 Å². The number of rotatable bonds is 6. The quantitative estimate of drug-likeness (QED) is 0.448. The molecule has 0 fully saturated rings. The Kier molecular flexibility index (Phi) is 4.54.